The van der Waals surface area contributed by atoms with Crippen LogP contribution >= 0.6 is 23.2 Å². The van der Waals surface area contributed by atoms with Crippen LogP contribution < -0.4 is 0 Å². The molecule has 0 aromatic heterocycles. The lowest BCUT2D eigenvalue weighted by Crippen LogP contribution is -2.48. The third-order valence-electron chi connectivity index (χ3n) is 4.45. The third-order valence-corrected chi connectivity index (χ3v) is 7.32. The highest BCUT2D eigenvalue weighted by atomic mass is 35.5. The van der Waals surface area contributed by atoms with Crippen molar-refractivity contribution in [1.82, 2.24) is 9.21 Å². The van der Waals surface area contributed by atoms with Crippen LogP contribution in [0.5, 0.6) is 0 Å². The summed E-state index contributed by atoms with van der Waals surface area (Å²) in [5.74, 6) is 0. The molecule has 0 radical (unpaired) electrons. The molecule has 2 aromatic rings. The number of sulfonamides is 1. The van der Waals surface area contributed by atoms with Crippen LogP contribution in [0.2, 0.25) is 10.0 Å². The van der Waals surface area contributed by atoms with Gasteiger partial charge in [0.25, 0.3) is 5.69 Å². The van der Waals surface area contributed by atoms with Crippen LogP contribution in [-0.2, 0) is 16.6 Å². The first-order valence-corrected chi connectivity index (χ1v) is 10.4. The van der Waals surface area contributed by atoms with E-state index in [-0.39, 0.29) is 33.7 Å². The second-order valence-corrected chi connectivity index (χ2v) is 8.81. The number of benzene rings is 2. The molecular weight excluding hydrogens is 413 g/mol. The van der Waals surface area contributed by atoms with Crippen molar-refractivity contribution in [2.24, 2.45) is 0 Å². The number of hydrogen-bond donors (Lipinski definition) is 0. The molecular formula is C17H17Cl2N3O4S. The van der Waals surface area contributed by atoms with Gasteiger partial charge in [-0.05, 0) is 12.1 Å². The van der Waals surface area contributed by atoms with Gasteiger partial charge in [0.2, 0.25) is 10.0 Å². The predicted octanol–water partition coefficient (Wildman–Crippen LogP) is 3.41. The van der Waals surface area contributed by atoms with E-state index in [9.17, 15) is 18.5 Å². The second-order valence-electron chi connectivity index (χ2n) is 6.12. The molecule has 0 spiro atoms. The maximum absolute atomic E-state index is 12.8. The Balaban J connectivity index is 1.71. The lowest BCUT2D eigenvalue weighted by Gasteiger charge is -2.34. The van der Waals surface area contributed by atoms with Crippen molar-refractivity contribution < 1.29 is 13.3 Å². The molecule has 27 heavy (non-hydrogen) atoms. The lowest BCUT2D eigenvalue weighted by molar-refractivity contribution is -0.385. The van der Waals surface area contributed by atoms with Crippen LogP contribution in [0.1, 0.15) is 5.56 Å². The molecule has 0 unspecified atom stereocenters. The van der Waals surface area contributed by atoms with E-state index in [1.807, 2.05) is 4.90 Å². The fourth-order valence-corrected chi connectivity index (χ4v) is 5.17. The molecule has 0 saturated carbocycles. The minimum absolute atomic E-state index is 0.0104. The maximum Gasteiger partial charge on any atom is 0.273 e. The van der Waals surface area contributed by atoms with E-state index in [1.54, 1.807) is 24.3 Å². The molecule has 0 aliphatic carbocycles. The Morgan fingerprint density at radius 3 is 2.33 bits per heavy atom. The molecule has 10 heteroatoms. The van der Waals surface area contributed by atoms with Crippen LogP contribution in [0.15, 0.2) is 47.4 Å². The summed E-state index contributed by atoms with van der Waals surface area (Å²) in [5, 5.41) is 11.3. The summed E-state index contributed by atoms with van der Waals surface area (Å²) in [5.41, 5.74) is 0.676. The summed E-state index contributed by atoms with van der Waals surface area (Å²) in [6, 6.07) is 11.1. The molecule has 7 nitrogen and oxygen atoms in total. The smallest absolute Gasteiger partial charge is 0.273 e. The minimum Gasteiger partial charge on any atom is -0.296 e. The standard InChI is InChI=1S/C17H17Cl2N3O4S/c18-14-5-3-7-16(17(14)19)27(25,26)21-10-8-20(9-11-21)12-13-4-1-2-6-15(13)22(23)24/h1-7H,8-12H2. The highest BCUT2D eigenvalue weighted by Gasteiger charge is 2.31. The summed E-state index contributed by atoms with van der Waals surface area (Å²) >= 11 is 12.0. The topological polar surface area (TPSA) is 83.8 Å². The van der Waals surface area contributed by atoms with Gasteiger partial charge in [0.05, 0.1) is 15.0 Å². The highest BCUT2D eigenvalue weighted by Crippen LogP contribution is 2.31. The van der Waals surface area contributed by atoms with Crippen LogP contribution in [0.25, 0.3) is 0 Å². The van der Waals surface area contributed by atoms with E-state index in [4.69, 9.17) is 23.2 Å². The van der Waals surface area contributed by atoms with Gasteiger partial charge in [-0.1, -0.05) is 47.5 Å². The number of nitrogens with zero attached hydrogens (tertiary/aromatic N) is 3. The van der Waals surface area contributed by atoms with E-state index >= 15 is 0 Å². The molecule has 1 fully saturated rings. The molecule has 3 rings (SSSR count). The number of nitro groups is 1. The first-order chi connectivity index (χ1) is 12.8. The summed E-state index contributed by atoms with van der Waals surface area (Å²) in [6.07, 6.45) is 0. The van der Waals surface area contributed by atoms with Crippen molar-refractivity contribution in [3.63, 3.8) is 0 Å². The average molecular weight is 430 g/mol. The fourth-order valence-electron chi connectivity index (χ4n) is 3.01. The number of halogens is 2. The first kappa shape index (κ1) is 20.0. The normalized spacial score (nSPS) is 16.4. The molecule has 2 aromatic carbocycles. The molecule has 1 aliphatic rings. The summed E-state index contributed by atoms with van der Waals surface area (Å²) in [6.45, 7) is 1.85. The van der Waals surface area contributed by atoms with Gasteiger partial charge in [-0.2, -0.15) is 4.31 Å². The summed E-state index contributed by atoms with van der Waals surface area (Å²) in [4.78, 5) is 12.7. The predicted molar refractivity (Wildman–Crippen MR) is 104 cm³/mol. The molecule has 144 valence electrons. The summed E-state index contributed by atoms with van der Waals surface area (Å²) < 4.78 is 27.0. The van der Waals surface area contributed by atoms with E-state index in [2.05, 4.69) is 0 Å². The van der Waals surface area contributed by atoms with Gasteiger partial charge in [0, 0.05) is 44.4 Å². The molecule has 0 atom stereocenters. The number of para-hydroxylation sites is 1. The molecule has 1 heterocycles. The zero-order chi connectivity index (χ0) is 19.6. The number of nitro benzene ring substituents is 1. The van der Waals surface area contributed by atoms with Crippen molar-refractivity contribution >= 4 is 38.9 Å². The zero-order valence-corrected chi connectivity index (χ0v) is 16.5. The number of rotatable bonds is 5. The van der Waals surface area contributed by atoms with E-state index < -0.39 is 14.9 Å². The van der Waals surface area contributed by atoms with Gasteiger partial charge in [-0.25, -0.2) is 8.42 Å². The van der Waals surface area contributed by atoms with Gasteiger partial charge in [-0.15, -0.1) is 0 Å². The molecule has 0 N–H and O–H groups in total. The Hall–Kier alpha value is -1.71. The molecule has 0 bridgehead atoms. The van der Waals surface area contributed by atoms with Gasteiger partial charge in [0.1, 0.15) is 4.90 Å². The molecule has 1 saturated heterocycles. The first-order valence-electron chi connectivity index (χ1n) is 8.19. The van der Waals surface area contributed by atoms with E-state index in [0.29, 0.717) is 25.2 Å². The SMILES string of the molecule is O=[N+]([O-])c1ccccc1CN1CCN(S(=O)(=O)c2cccc(Cl)c2Cl)CC1. The Bertz CT molecular complexity index is 960. The van der Waals surface area contributed by atoms with Crippen molar-refractivity contribution in [2.75, 3.05) is 26.2 Å². The van der Waals surface area contributed by atoms with Crippen LogP contribution in [0.4, 0.5) is 5.69 Å². The van der Waals surface area contributed by atoms with Crippen molar-refractivity contribution in [2.45, 2.75) is 11.4 Å². The quantitative estimate of drug-likeness (QED) is 0.536. The maximum atomic E-state index is 12.8. The zero-order valence-electron chi connectivity index (χ0n) is 14.2. The summed E-state index contributed by atoms with van der Waals surface area (Å²) in [7, 11) is -3.75. The van der Waals surface area contributed by atoms with Gasteiger partial charge in [0.15, 0.2) is 0 Å². The van der Waals surface area contributed by atoms with Crippen LogP contribution in [-0.4, -0.2) is 48.7 Å². The number of hydrogen-bond acceptors (Lipinski definition) is 5. The van der Waals surface area contributed by atoms with Crippen molar-refractivity contribution in [3.05, 3.63) is 68.2 Å². The Labute approximate surface area is 167 Å². The van der Waals surface area contributed by atoms with Gasteiger partial charge < -0.3 is 0 Å². The lowest BCUT2D eigenvalue weighted by atomic mass is 10.1. The molecule has 0 amide bonds. The Morgan fingerprint density at radius 1 is 1.00 bits per heavy atom. The van der Waals surface area contributed by atoms with Crippen molar-refractivity contribution in [1.29, 1.82) is 0 Å². The average Bonchev–Trinajstić information content (AvgIpc) is 2.64. The Kier molecular flexibility index (Phi) is 6.02. The highest BCUT2D eigenvalue weighted by molar-refractivity contribution is 7.89. The van der Waals surface area contributed by atoms with Gasteiger partial charge in [-0.3, -0.25) is 15.0 Å². The molecule has 1 aliphatic heterocycles. The minimum atomic E-state index is -3.75. The Morgan fingerprint density at radius 2 is 1.67 bits per heavy atom. The van der Waals surface area contributed by atoms with Gasteiger partial charge >= 0.3 is 0 Å². The second kappa shape index (κ2) is 8.12. The van der Waals surface area contributed by atoms with E-state index in [0.717, 1.165) is 0 Å². The van der Waals surface area contributed by atoms with Crippen LogP contribution in [0, 0.1) is 10.1 Å². The van der Waals surface area contributed by atoms with Crippen LogP contribution in [0.3, 0.4) is 0 Å². The van der Waals surface area contributed by atoms with E-state index in [1.165, 1.54) is 22.5 Å². The third kappa shape index (κ3) is 4.25. The fraction of sp³-hybridized carbons (Fsp3) is 0.294. The monoisotopic (exact) mass is 429 g/mol. The largest absolute Gasteiger partial charge is 0.296 e. The van der Waals surface area contributed by atoms with Crippen molar-refractivity contribution in [3.8, 4) is 0 Å². The number of piperazine rings is 1.